The first-order chi connectivity index (χ1) is 14.3. The van der Waals surface area contributed by atoms with Gasteiger partial charge in [0.05, 0.1) is 12.3 Å². The molecule has 0 aliphatic carbocycles. The third kappa shape index (κ3) is 4.11. The minimum Gasteiger partial charge on any atom is -0.492 e. The molecular weight excluding hydrogens is 360 g/mol. The predicted molar refractivity (Wildman–Crippen MR) is 118 cm³/mol. The Balaban J connectivity index is 1.70. The predicted octanol–water partition coefficient (Wildman–Crippen LogP) is 5.22. The first kappa shape index (κ1) is 19.1. The van der Waals surface area contributed by atoms with E-state index < -0.39 is 6.04 Å². The Morgan fingerprint density at radius 1 is 1.00 bits per heavy atom. The number of hydrogen-bond donors (Lipinski definition) is 1. The molecule has 1 heterocycles. The van der Waals surface area contributed by atoms with Gasteiger partial charge >= 0.3 is 0 Å². The maximum Gasteiger partial charge on any atom is 0.251 e. The lowest BCUT2D eigenvalue weighted by Crippen LogP contribution is -2.40. The summed E-state index contributed by atoms with van der Waals surface area (Å²) in [6.45, 7) is 3.33. The third-order valence-corrected chi connectivity index (χ3v) is 5.27. The van der Waals surface area contributed by atoms with E-state index in [4.69, 9.17) is 4.74 Å². The third-order valence-electron chi connectivity index (χ3n) is 5.27. The number of ether oxygens (including phenoxy) is 1. The number of benzene rings is 3. The number of anilines is 2. The van der Waals surface area contributed by atoms with Crippen molar-refractivity contribution >= 4 is 17.3 Å². The van der Waals surface area contributed by atoms with Crippen molar-refractivity contribution in [2.45, 2.75) is 25.8 Å². The highest BCUT2D eigenvalue weighted by atomic mass is 16.5. The first-order valence-electron chi connectivity index (χ1n) is 10.2. The van der Waals surface area contributed by atoms with Crippen LogP contribution >= 0.6 is 0 Å². The van der Waals surface area contributed by atoms with Gasteiger partial charge in [-0.15, -0.1) is 0 Å². The molecule has 0 saturated carbocycles. The van der Waals surface area contributed by atoms with Crippen molar-refractivity contribution < 1.29 is 9.53 Å². The summed E-state index contributed by atoms with van der Waals surface area (Å²) in [5.74, 6) is 0.634. The van der Waals surface area contributed by atoms with Crippen molar-refractivity contribution in [3.63, 3.8) is 0 Å². The highest BCUT2D eigenvalue weighted by Crippen LogP contribution is 2.35. The molecular formula is C25H26N2O2. The van der Waals surface area contributed by atoms with Crippen molar-refractivity contribution in [3.8, 4) is 5.75 Å². The van der Waals surface area contributed by atoms with E-state index >= 15 is 0 Å². The molecule has 0 aromatic heterocycles. The summed E-state index contributed by atoms with van der Waals surface area (Å²) < 4.78 is 5.70. The lowest BCUT2D eigenvalue weighted by molar-refractivity contribution is -0.117. The minimum absolute atomic E-state index is 0.0555. The van der Waals surface area contributed by atoms with Crippen molar-refractivity contribution in [2.75, 3.05) is 23.4 Å². The topological polar surface area (TPSA) is 41.6 Å². The molecule has 1 unspecified atom stereocenters. The van der Waals surface area contributed by atoms with Crippen molar-refractivity contribution in [3.05, 3.63) is 90.0 Å². The van der Waals surface area contributed by atoms with Gasteiger partial charge in [0.1, 0.15) is 11.8 Å². The fraction of sp³-hybridized carbons (Fsp3) is 0.240. The Labute approximate surface area is 172 Å². The van der Waals surface area contributed by atoms with Gasteiger partial charge in [-0.25, -0.2) is 0 Å². The number of fused-ring (bicyclic) bond motifs is 1. The smallest absolute Gasteiger partial charge is 0.251 e. The van der Waals surface area contributed by atoms with E-state index in [0.29, 0.717) is 18.0 Å². The zero-order chi connectivity index (χ0) is 20.1. The summed E-state index contributed by atoms with van der Waals surface area (Å²) in [6, 6.07) is 25.6. The monoisotopic (exact) mass is 386 g/mol. The Hall–Kier alpha value is -3.27. The highest BCUT2D eigenvalue weighted by molar-refractivity contribution is 5.99. The maximum absolute atomic E-state index is 13.6. The standard InChI is InChI=1S/C25H26N2O2/c1-2-29-23-17-9-7-15-21(23)26-25(28)24(20-12-4-3-5-13-20)27-18-10-14-19-11-6-8-16-22(19)27/h3-9,11-13,15-17,24H,2,10,14,18H2,1H3,(H,26,28). The molecule has 3 aromatic rings. The van der Waals surface area contributed by atoms with Crippen LogP contribution in [0.3, 0.4) is 0 Å². The van der Waals surface area contributed by atoms with Gasteiger partial charge in [0, 0.05) is 12.2 Å². The second kappa shape index (κ2) is 8.82. The van der Waals surface area contributed by atoms with Crippen LogP contribution in [0.4, 0.5) is 11.4 Å². The molecule has 0 saturated heterocycles. The second-order valence-electron chi connectivity index (χ2n) is 7.16. The van der Waals surface area contributed by atoms with Gasteiger partial charge in [0.2, 0.25) is 0 Å². The van der Waals surface area contributed by atoms with Crippen LogP contribution in [0, 0.1) is 0 Å². The molecule has 1 aliphatic rings. The summed E-state index contributed by atoms with van der Waals surface area (Å²) in [7, 11) is 0. The molecule has 4 nitrogen and oxygen atoms in total. The van der Waals surface area contributed by atoms with Gasteiger partial charge in [0.25, 0.3) is 5.91 Å². The van der Waals surface area contributed by atoms with Crippen molar-refractivity contribution in [1.82, 2.24) is 0 Å². The maximum atomic E-state index is 13.6. The van der Waals surface area contributed by atoms with Gasteiger partial charge in [0.15, 0.2) is 0 Å². The molecule has 0 bridgehead atoms. The van der Waals surface area contributed by atoms with Crippen LogP contribution in [-0.2, 0) is 11.2 Å². The van der Waals surface area contributed by atoms with Gasteiger partial charge in [-0.3, -0.25) is 4.79 Å². The van der Waals surface area contributed by atoms with E-state index in [0.717, 1.165) is 30.6 Å². The molecule has 0 fully saturated rings. The zero-order valence-corrected chi connectivity index (χ0v) is 16.7. The number of carbonyl (C=O) groups is 1. The number of amides is 1. The lowest BCUT2D eigenvalue weighted by Gasteiger charge is -2.37. The van der Waals surface area contributed by atoms with Gasteiger partial charge in [-0.05, 0) is 49.1 Å². The van der Waals surface area contributed by atoms with E-state index in [2.05, 4.69) is 28.4 Å². The van der Waals surface area contributed by atoms with E-state index in [1.165, 1.54) is 5.56 Å². The van der Waals surface area contributed by atoms with Crippen molar-refractivity contribution in [1.29, 1.82) is 0 Å². The number of carbonyl (C=O) groups excluding carboxylic acids is 1. The summed E-state index contributed by atoms with van der Waals surface area (Å²) in [6.07, 6.45) is 2.08. The van der Waals surface area contributed by atoms with Gasteiger partial charge in [-0.2, -0.15) is 0 Å². The van der Waals surface area contributed by atoms with E-state index in [1.54, 1.807) is 0 Å². The minimum atomic E-state index is -0.410. The number of para-hydroxylation sites is 3. The number of rotatable bonds is 6. The number of hydrogen-bond acceptors (Lipinski definition) is 3. The van der Waals surface area contributed by atoms with Crippen LogP contribution in [0.25, 0.3) is 0 Å². The Kier molecular flexibility index (Phi) is 5.80. The summed E-state index contributed by atoms with van der Waals surface area (Å²) >= 11 is 0. The average Bonchev–Trinajstić information content (AvgIpc) is 2.76. The fourth-order valence-electron chi connectivity index (χ4n) is 3.99. The molecule has 1 amide bonds. The molecule has 1 N–H and O–H groups in total. The summed E-state index contributed by atoms with van der Waals surface area (Å²) in [5, 5.41) is 3.12. The molecule has 0 spiro atoms. The van der Waals surface area contributed by atoms with Crippen LogP contribution in [0.5, 0.6) is 5.75 Å². The lowest BCUT2D eigenvalue weighted by atomic mass is 9.96. The number of nitrogens with zero attached hydrogens (tertiary/aromatic N) is 1. The summed E-state index contributed by atoms with van der Waals surface area (Å²) in [4.78, 5) is 15.8. The second-order valence-corrected chi connectivity index (χ2v) is 7.16. The van der Waals surface area contributed by atoms with Crippen molar-refractivity contribution in [2.24, 2.45) is 0 Å². The normalized spacial score (nSPS) is 14.0. The van der Waals surface area contributed by atoms with E-state index in [-0.39, 0.29) is 5.91 Å². The molecule has 0 radical (unpaired) electrons. The SMILES string of the molecule is CCOc1ccccc1NC(=O)C(c1ccccc1)N1CCCc2ccccc21. The molecule has 3 aromatic carbocycles. The van der Waals surface area contributed by atoms with Crippen LogP contribution in [0.2, 0.25) is 0 Å². The largest absolute Gasteiger partial charge is 0.492 e. The zero-order valence-electron chi connectivity index (χ0n) is 16.7. The highest BCUT2D eigenvalue weighted by Gasteiger charge is 2.31. The Morgan fingerprint density at radius 2 is 1.72 bits per heavy atom. The Morgan fingerprint density at radius 3 is 2.55 bits per heavy atom. The number of nitrogens with one attached hydrogen (secondary N) is 1. The van der Waals surface area contributed by atoms with Crippen LogP contribution in [0.1, 0.15) is 30.5 Å². The van der Waals surface area contributed by atoms with Gasteiger partial charge in [-0.1, -0.05) is 60.7 Å². The molecule has 4 heteroatoms. The average molecular weight is 386 g/mol. The van der Waals surface area contributed by atoms with E-state index in [9.17, 15) is 4.79 Å². The quantitative estimate of drug-likeness (QED) is 0.632. The number of aryl methyl sites for hydroxylation is 1. The van der Waals surface area contributed by atoms with Crippen LogP contribution in [0.15, 0.2) is 78.9 Å². The molecule has 1 atom stereocenters. The fourth-order valence-corrected chi connectivity index (χ4v) is 3.99. The molecule has 29 heavy (non-hydrogen) atoms. The molecule has 4 rings (SSSR count). The first-order valence-corrected chi connectivity index (χ1v) is 10.2. The van der Waals surface area contributed by atoms with Crippen LogP contribution < -0.4 is 15.0 Å². The Bertz CT molecular complexity index is 971. The molecule has 148 valence electrons. The summed E-state index contributed by atoms with van der Waals surface area (Å²) in [5.41, 5.74) is 4.12. The molecule has 1 aliphatic heterocycles. The van der Waals surface area contributed by atoms with Crippen LogP contribution in [-0.4, -0.2) is 19.1 Å². The van der Waals surface area contributed by atoms with E-state index in [1.807, 2.05) is 67.6 Å². The van der Waals surface area contributed by atoms with Gasteiger partial charge < -0.3 is 15.0 Å².